The van der Waals surface area contributed by atoms with Crippen LogP contribution in [-0.2, 0) is 6.42 Å². The fraction of sp³-hybridized carbons (Fsp3) is 0.400. The minimum atomic E-state index is 0.696. The summed E-state index contributed by atoms with van der Waals surface area (Å²) in [5.41, 5.74) is 1.21. The number of halogens is 1. The quantitative estimate of drug-likeness (QED) is 0.653. The largest absolute Gasteiger partial charge is 0.496 e. The van der Waals surface area contributed by atoms with Gasteiger partial charge in [0.05, 0.1) is 7.11 Å². The lowest BCUT2D eigenvalue weighted by molar-refractivity contribution is 0.409. The monoisotopic (exact) mass is 183 g/mol. The van der Waals surface area contributed by atoms with Gasteiger partial charge in [0, 0.05) is 5.88 Å². The number of rotatable bonds is 4. The Labute approximate surface area is 78.3 Å². The van der Waals surface area contributed by atoms with Crippen LogP contribution in [0.25, 0.3) is 0 Å². The fourth-order valence-corrected chi connectivity index (χ4v) is 1.23. The molecule has 0 saturated heterocycles. The van der Waals surface area contributed by atoms with Crippen LogP contribution < -0.4 is 4.74 Å². The minimum Gasteiger partial charge on any atom is -0.496 e. The zero-order chi connectivity index (χ0) is 8.81. The maximum atomic E-state index is 5.60. The Kier molecular flexibility index (Phi) is 3.95. The third-order valence-corrected chi connectivity index (χ3v) is 1.98. The topological polar surface area (TPSA) is 9.23 Å². The molecule has 1 nitrogen and oxygen atoms in total. The van der Waals surface area contributed by atoms with Crippen LogP contribution in [0.3, 0.4) is 0 Å². The van der Waals surface area contributed by atoms with Gasteiger partial charge in [-0.25, -0.2) is 0 Å². The van der Waals surface area contributed by atoms with Gasteiger partial charge in [0.1, 0.15) is 5.75 Å². The van der Waals surface area contributed by atoms with E-state index in [1.165, 1.54) is 5.56 Å². The van der Waals surface area contributed by atoms with Crippen molar-refractivity contribution in [1.82, 2.24) is 0 Å². The molecule has 0 fully saturated rings. The van der Waals surface area contributed by atoms with Crippen LogP contribution in [-0.4, -0.2) is 13.0 Å². The van der Waals surface area contributed by atoms with Gasteiger partial charge in [-0.3, -0.25) is 0 Å². The molecule has 2 heteroatoms. The van der Waals surface area contributed by atoms with Crippen LogP contribution in [0.1, 0.15) is 12.0 Å². The van der Waals surface area contributed by atoms with Crippen LogP contribution in [0.4, 0.5) is 0 Å². The maximum Gasteiger partial charge on any atom is 0.122 e. The lowest BCUT2D eigenvalue weighted by Crippen LogP contribution is -1.92. The van der Waals surface area contributed by atoms with Crippen LogP contribution in [0.15, 0.2) is 18.2 Å². The molecule has 0 amide bonds. The minimum absolute atomic E-state index is 0.696. The highest BCUT2D eigenvalue weighted by molar-refractivity contribution is 6.17. The van der Waals surface area contributed by atoms with Crippen molar-refractivity contribution < 1.29 is 4.74 Å². The molecule has 0 aliphatic carbocycles. The first-order valence-electron chi connectivity index (χ1n) is 3.97. The highest BCUT2D eigenvalue weighted by Gasteiger charge is 1.99. The lowest BCUT2D eigenvalue weighted by Gasteiger charge is -2.05. The number of ether oxygens (including phenoxy) is 1. The second kappa shape index (κ2) is 5.04. The molecule has 0 bridgehead atoms. The van der Waals surface area contributed by atoms with Crippen LogP contribution >= 0.6 is 11.6 Å². The SMILES string of the molecule is COc1c[c]ccc1CCCCl. The van der Waals surface area contributed by atoms with Gasteiger partial charge in [0.25, 0.3) is 0 Å². The van der Waals surface area contributed by atoms with E-state index in [-0.39, 0.29) is 0 Å². The third-order valence-electron chi connectivity index (χ3n) is 1.71. The summed E-state index contributed by atoms with van der Waals surface area (Å²) in [6.45, 7) is 0. The van der Waals surface area contributed by atoms with Crippen LogP contribution in [0.5, 0.6) is 5.75 Å². The molecule has 0 aliphatic heterocycles. The molecule has 0 spiro atoms. The highest BCUT2D eigenvalue weighted by atomic mass is 35.5. The van der Waals surface area contributed by atoms with E-state index in [1.807, 2.05) is 18.2 Å². The van der Waals surface area contributed by atoms with E-state index in [4.69, 9.17) is 16.3 Å². The van der Waals surface area contributed by atoms with Crippen molar-refractivity contribution in [2.24, 2.45) is 0 Å². The van der Waals surface area contributed by atoms with Crippen molar-refractivity contribution in [3.8, 4) is 5.75 Å². The Morgan fingerprint density at radius 1 is 1.58 bits per heavy atom. The normalized spacial score (nSPS) is 9.83. The van der Waals surface area contributed by atoms with E-state index in [2.05, 4.69) is 6.07 Å². The molecule has 0 unspecified atom stereocenters. The Morgan fingerprint density at radius 2 is 2.42 bits per heavy atom. The molecule has 1 aromatic carbocycles. The standard InChI is InChI=1S/C10H12ClO/c1-12-10-7-3-2-5-9(10)6-4-8-11/h2,5,7H,4,6,8H2,1H3. The molecule has 0 aromatic heterocycles. The summed E-state index contributed by atoms with van der Waals surface area (Å²) in [4.78, 5) is 0. The number of hydrogen-bond donors (Lipinski definition) is 0. The van der Waals surface area contributed by atoms with E-state index in [0.717, 1.165) is 18.6 Å². The van der Waals surface area contributed by atoms with E-state index < -0.39 is 0 Å². The van der Waals surface area contributed by atoms with E-state index in [9.17, 15) is 0 Å². The first-order valence-corrected chi connectivity index (χ1v) is 4.51. The number of methoxy groups -OCH3 is 1. The summed E-state index contributed by atoms with van der Waals surface area (Å²) in [6, 6.07) is 8.74. The van der Waals surface area contributed by atoms with Crippen molar-refractivity contribution in [1.29, 1.82) is 0 Å². The number of benzene rings is 1. The predicted octanol–water partition coefficient (Wildman–Crippen LogP) is 2.67. The molecule has 0 atom stereocenters. The molecule has 1 aromatic rings. The van der Waals surface area contributed by atoms with Crippen molar-refractivity contribution in [2.45, 2.75) is 12.8 Å². The summed E-state index contributed by atoms with van der Waals surface area (Å²) < 4.78 is 5.17. The lowest BCUT2D eigenvalue weighted by atomic mass is 10.1. The van der Waals surface area contributed by atoms with Gasteiger partial charge in [-0.15, -0.1) is 11.6 Å². The number of hydrogen-bond acceptors (Lipinski definition) is 1. The maximum absolute atomic E-state index is 5.60. The van der Waals surface area contributed by atoms with Gasteiger partial charge in [-0.1, -0.05) is 12.1 Å². The first kappa shape index (κ1) is 9.40. The van der Waals surface area contributed by atoms with Gasteiger partial charge in [-0.2, -0.15) is 0 Å². The van der Waals surface area contributed by atoms with Crippen molar-refractivity contribution in [3.63, 3.8) is 0 Å². The molecule has 0 N–H and O–H groups in total. The van der Waals surface area contributed by atoms with Crippen molar-refractivity contribution in [2.75, 3.05) is 13.0 Å². The summed E-state index contributed by atoms with van der Waals surface area (Å²) in [5, 5.41) is 0. The molecule has 0 aliphatic rings. The van der Waals surface area contributed by atoms with Gasteiger partial charge < -0.3 is 4.74 Å². The van der Waals surface area contributed by atoms with E-state index in [1.54, 1.807) is 7.11 Å². The summed E-state index contributed by atoms with van der Waals surface area (Å²) in [6.07, 6.45) is 1.96. The smallest absolute Gasteiger partial charge is 0.122 e. The Hall–Kier alpha value is -0.690. The third kappa shape index (κ3) is 2.42. The molecule has 0 saturated carbocycles. The molecular formula is C10H12ClO. The second-order valence-corrected chi connectivity index (χ2v) is 2.91. The number of aryl methyl sites for hydroxylation is 1. The highest BCUT2D eigenvalue weighted by Crippen LogP contribution is 2.18. The molecular weight excluding hydrogens is 172 g/mol. The van der Waals surface area contributed by atoms with E-state index in [0.29, 0.717) is 5.88 Å². The summed E-state index contributed by atoms with van der Waals surface area (Å²) >= 11 is 5.60. The van der Waals surface area contributed by atoms with Crippen LogP contribution in [0, 0.1) is 6.07 Å². The first-order chi connectivity index (χ1) is 5.88. The summed E-state index contributed by atoms with van der Waals surface area (Å²) in [5.74, 6) is 1.60. The molecule has 1 rings (SSSR count). The van der Waals surface area contributed by atoms with Gasteiger partial charge in [0.2, 0.25) is 0 Å². The fourth-order valence-electron chi connectivity index (χ4n) is 1.10. The van der Waals surface area contributed by atoms with Gasteiger partial charge >= 0.3 is 0 Å². The zero-order valence-electron chi connectivity index (χ0n) is 7.14. The number of alkyl halides is 1. The Bertz CT molecular complexity index is 235. The van der Waals surface area contributed by atoms with Gasteiger partial charge in [0.15, 0.2) is 0 Å². The molecule has 12 heavy (non-hydrogen) atoms. The second-order valence-electron chi connectivity index (χ2n) is 2.53. The summed E-state index contributed by atoms with van der Waals surface area (Å²) in [7, 11) is 1.67. The van der Waals surface area contributed by atoms with Crippen molar-refractivity contribution >= 4 is 11.6 Å². The van der Waals surface area contributed by atoms with E-state index >= 15 is 0 Å². The molecule has 65 valence electrons. The van der Waals surface area contributed by atoms with Crippen molar-refractivity contribution in [3.05, 3.63) is 29.8 Å². The Balaban J connectivity index is 2.68. The molecule has 1 radical (unpaired) electrons. The van der Waals surface area contributed by atoms with Crippen LogP contribution in [0.2, 0.25) is 0 Å². The predicted molar refractivity (Wildman–Crippen MR) is 50.9 cm³/mol. The Morgan fingerprint density at radius 3 is 3.08 bits per heavy atom. The zero-order valence-corrected chi connectivity index (χ0v) is 7.90. The average molecular weight is 184 g/mol. The van der Waals surface area contributed by atoms with Gasteiger partial charge in [-0.05, 0) is 30.5 Å². The average Bonchev–Trinajstić information content (AvgIpc) is 2.15. The molecule has 0 heterocycles.